The zero-order chi connectivity index (χ0) is 37.7. The molecule has 0 bridgehead atoms. The summed E-state index contributed by atoms with van der Waals surface area (Å²) in [7, 11) is -2.45. The van der Waals surface area contributed by atoms with Gasteiger partial charge < -0.3 is 15.9 Å². The van der Waals surface area contributed by atoms with Gasteiger partial charge in [-0.1, -0.05) is 38.1 Å². The molecule has 2 aromatic carbocycles. The van der Waals surface area contributed by atoms with E-state index in [1.165, 1.54) is 0 Å². The van der Waals surface area contributed by atoms with Crippen LogP contribution in [-0.2, 0) is 31.4 Å². The molecule has 11 heteroatoms. The van der Waals surface area contributed by atoms with Gasteiger partial charge in [0.25, 0.3) is 0 Å². The van der Waals surface area contributed by atoms with Crippen molar-refractivity contribution in [3.63, 3.8) is 0 Å². The molecule has 1 N–H and O–H groups in total. The molecule has 0 heterocycles. The maximum atomic E-state index is 12.4. The van der Waals surface area contributed by atoms with Crippen LogP contribution < -0.4 is 23.6 Å². The third-order valence-electron chi connectivity index (χ3n) is 5.73. The predicted molar refractivity (Wildman–Crippen MR) is 203 cm³/mol. The minimum atomic E-state index is -1.29. The molecule has 0 aliphatic rings. The van der Waals surface area contributed by atoms with Gasteiger partial charge in [0, 0.05) is 12.3 Å². The van der Waals surface area contributed by atoms with Crippen LogP contribution in [0.5, 0.6) is 0 Å². The molecular weight excluding hydrogens is 652 g/mol. The maximum absolute atomic E-state index is 12.4. The topological polar surface area (TPSA) is 111 Å². The summed E-state index contributed by atoms with van der Waals surface area (Å²) in [5, 5.41) is 0. The van der Waals surface area contributed by atoms with E-state index in [-0.39, 0.29) is 52.3 Å². The molecule has 2 aromatic rings. The Morgan fingerprint density at radius 1 is 0.714 bits per heavy atom. The number of nitrogens with zero attached hydrogens (tertiary/aromatic N) is 1. The van der Waals surface area contributed by atoms with Crippen molar-refractivity contribution in [1.29, 1.82) is 0 Å². The summed E-state index contributed by atoms with van der Waals surface area (Å²) >= 11 is 0. The number of hydrogen-bond acceptors (Lipinski definition) is 6. The fourth-order valence-corrected chi connectivity index (χ4v) is 4.88. The average Bonchev–Trinajstić information content (AvgIpc) is 2.92. The van der Waals surface area contributed by atoms with Crippen molar-refractivity contribution in [2.45, 2.75) is 138 Å². The zero-order valence-electron chi connectivity index (χ0n) is 33.1. The molecule has 0 aliphatic carbocycles. The molecule has 49 heavy (non-hydrogen) atoms. The van der Waals surface area contributed by atoms with E-state index in [1.807, 2.05) is 115 Å². The molecule has 0 saturated heterocycles. The Labute approximate surface area is 314 Å². The minimum Gasteiger partial charge on any atom is -0.456 e. The van der Waals surface area contributed by atoms with Gasteiger partial charge in [-0.05, 0) is 124 Å². The number of hydrogen-bond donors (Lipinski definition) is 1. The molecule has 0 aromatic heterocycles. The van der Waals surface area contributed by atoms with Crippen molar-refractivity contribution in [3.8, 4) is 0 Å². The molecule has 0 amide bonds. The first-order chi connectivity index (χ1) is 21.7. The molecule has 0 unspecified atom stereocenters. The fourth-order valence-electron chi connectivity index (χ4n) is 3.35. The average molecular weight is 713 g/mol. The van der Waals surface area contributed by atoms with Crippen LogP contribution in [0, 0.1) is 12.3 Å². The molecule has 8 nitrogen and oxygen atoms in total. The number of nitrogens with one attached hydrogen (secondary N) is 1. The van der Waals surface area contributed by atoms with Gasteiger partial charge in [-0.25, -0.2) is 22.7 Å². The van der Waals surface area contributed by atoms with Crippen LogP contribution >= 0.6 is 0 Å². The largest absolute Gasteiger partial charge is 1.00 e. The summed E-state index contributed by atoms with van der Waals surface area (Å²) in [5.74, 6) is -0.422. The Morgan fingerprint density at radius 2 is 1.08 bits per heavy atom. The van der Waals surface area contributed by atoms with Gasteiger partial charge in [-0.15, -0.1) is 0 Å². The Bertz CT molecular complexity index is 1360. The first kappa shape index (κ1) is 49.0. The van der Waals surface area contributed by atoms with Gasteiger partial charge in [0.1, 0.15) is 22.2 Å². The van der Waals surface area contributed by atoms with E-state index in [1.54, 1.807) is 42.6 Å². The molecule has 0 spiro atoms. The van der Waals surface area contributed by atoms with Gasteiger partial charge in [0.15, 0.2) is 0 Å². The minimum absolute atomic E-state index is 0. The van der Waals surface area contributed by atoms with E-state index in [0.29, 0.717) is 11.1 Å². The quantitative estimate of drug-likeness (QED) is 0.152. The van der Waals surface area contributed by atoms with Crippen LogP contribution in [0.1, 0.15) is 149 Å². The monoisotopic (exact) mass is 712 g/mol. The van der Waals surface area contributed by atoms with E-state index in [0.717, 1.165) is 11.1 Å². The van der Waals surface area contributed by atoms with Gasteiger partial charge in [0.05, 0.1) is 31.6 Å². The van der Waals surface area contributed by atoms with Crippen LogP contribution in [0.4, 0.5) is 0 Å². The number of esters is 2. The third kappa shape index (κ3) is 21.0. The molecule has 272 valence electrons. The molecule has 0 radical (unpaired) electrons. The van der Waals surface area contributed by atoms with E-state index in [4.69, 9.17) is 9.47 Å². The summed E-state index contributed by atoms with van der Waals surface area (Å²) < 4.78 is 41.4. The Balaban J connectivity index is 0. The van der Waals surface area contributed by atoms with Crippen LogP contribution in [-0.4, -0.2) is 47.3 Å². The van der Waals surface area contributed by atoms with Crippen molar-refractivity contribution in [2.75, 3.05) is 0 Å². The second kappa shape index (κ2) is 21.3. The zero-order valence-corrected chi connectivity index (χ0v) is 34.8. The maximum Gasteiger partial charge on any atom is 1.00 e. The fraction of sp³-hybridized carbons (Fsp3) is 0.579. The second-order valence-electron chi connectivity index (χ2n) is 15.6. The number of rotatable bonds is 8. The smallest absolute Gasteiger partial charge is 0.456 e. The van der Waals surface area contributed by atoms with Crippen molar-refractivity contribution in [1.82, 2.24) is 4.72 Å². The molecule has 0 saturated carbocycles. The number of carbonyl (C=O) groups excluding carboxylic acids is 2. The van der Waals surface area contributed by atoms with Crippen molar-refractivity contribution >= 4 is 40.1 Å². The normalized spacial score (nSPS) is 13.9. The number of ether oxygens (including phenoxy) is 2. The molecule has 0 fully saturated rings. The van der Waals surface area contributed by atoms with Crippen molar-refractivity contribution in [2.24, 2.45) is 10.3 Å². The SMILES string of the molecule is CC(C)(C)OC(=O)c1ccc(C=N[S@](=O)C(C)(C)C)cc1.CC(C)[C@@H](N[S@](=O)C(C)(C)C)c1ccc(C(=O)OC(C)(C)C)cc1.C[CH-]C.[Li+]. The first-order valence-corrected chi connectivity index (χ1v) is 18.5. The molecular formula is C38H61LiN2O6S2. The van der Waals surface area contributed by atoms with Crippen LogP contribution in [0.3, 0.4) is 0 Å². The Morgan fingerprint density at radius 3 is 1.39 bits per heavy atom. The second-order valence-corrected chi connectivity index (χ2v) is 19.6. The van der Waals surface area contributed by atoms with Crippen molar-refractivity contribution < 1.29 is 46.3 Å². The third-order valence-corrected chi connectivity index (χ3v) is 8.65. The number of benzene rings is 2. The summed E-state index contributed by atoms with van der Waals surface area (Å²) in [6.07, 6.45) is 3.56. The van der Waals surface area contributed by atoms with Gasteiger partial charge in [-0.2, -0.15) is 18.2 Å². The van der Waals surface area contributed by atoms with E-state index < -0.39 is 33.2 Å². The molecule has 2 rings (SSSR count). The molecule has 3 atom stereocenters. The summed E-state index contributed by atoms with van der Waals surface area (Å²) in [5.41, 5.74) is 1.78. The van der Waals surface area contributed by atoms with E-state index >= 15 is 0 Å². The number of carbonyl (C=O) groups is 2. The summed E-state index contributed by atoms with van der Waals surface area (Å²) in [4.78, 5) is 24.0. The predicted octanol–water partition coefficient (Wildman–Crippen LogP) is 6.15. The van der Waals surface area contributed by atoms with E-state index in [2.05, 4.69) is 23.0 Å². The Hall–Kier alpha value is -2.09. The van der Waals surface area contributed by atoms with Gasteiger partial charge in [-0.3, -0.25) is 0 Å². The Kier molecular flexibility index (Phi) is 21.3. The summed E-state index contributed by atoms with van der Waals surface area (Å²) in [6, 6.07) is 14.1. The van der Waals surface area contributed by atoms with Crippen LogP contribution in [0.15, 0.2) is 52.9 Å². The standard InChI is InChI=1S/C19H31NO3S.C16H23NO3S.C3H7.Li/c1-13(2)16(20-24(22)19(6,7)8)14-9-11-15(12-10-14)17(21)23-18(3,4)5;1-15(2,3)20-14(18)13-9-7-12(8-10-13)11-17-21(19)16(4,5)6;1-3-2;/h9-13,16,20H,1-8H3;7-11H,1-6H3;3H,1-2H3;/q;;-1;+1/t16-,24-;21-;;/m11../s1. The van der Waals surface area contributed by atoms with Gasteiger partial charge >= 0.3 is 30.8 Å². The van der Waals surface area contributed by atoms with Gasteiger partial charge in [0.2, 0.25) is 0 Å². The van der Waals surface area contributed by atoms with Crippen LogP contribution in [0.25, 0.3) is 0 Å². The van der Waals surface area contributed by atoms with Crippen molar-refractivity contribution in [3.05, 3.63) is 77.2 Å². The summed E-state index contributed by atoms with van der Waals surface area (Å²) in [6.45, 7) is 30.6. The first-order valence-electron chi connectivity index (χ1n) is 16.3. The van der Waals surface area contributed by atoms with E-state index in [9.17, 15) is 18.0 Å². The molecule has 0 aliphatic heterocycles. The van der Waals surface area contributed by atoms with Crippen LogP contribution in [0.2, 0.25) is 0 Å².